The molecule has 0 spiro atoms. The Morgan fingerprint density at radius 1 is 1.33 bits per heavy atom. The van der Waals surface area contributed by atoms with E-state index in [2.05, 4.69) is 10.1 Å². The van der Waals surface area contributed by atoms with E-state index in [-0.39, 0.29) is 5.41 Å². The van der Waals surface area contributed by atoms with Gasteiger partial charge in [0.2, 0.25) is 0 Å². The van der Waals surface area contributed by atoms with Crippen LogP contribution in [0, 0.1) is 5.41 Å². The van der Waals surface area contributed by atoms with Crippen LogP contribution < -0.4 is 0 Å². The monoisotopic (exact) mass is 325 g/mol. The molecule has 1 heterocycles. The Morgan fingerprint density at radius 2 is 2.05 bits per heavy atom. The molecule has 21 heavy (non-hydrogen) atoms. The Bertz CT molecular complexity index is 645. The number of aliphatic hydroxyl groups is 1. The van der Waals surface area contributed by atoms with Gasteiger partial charge in [-0.1, -0.05) is 50.0 Å². The van der Waals surface area contributed by atoms with E-state index >= 15 is 0 Å². The summed E-state index contributed by atoms with van der Waals surface area (Å²) in [5, 5.41) is 15.8. The first-order valence-electron chi connectivity index (χ1n) is 6.49. The Morgan fingerprint density at radius 3 is 2.57 bits per heavy atom. The van der Waals surface area contributed by atoms with Crippen molar-refractivity contribution in [1.29, 1.82) is 0 Å². The van der Waals surface area contributed by atoms with Crippen molar-refractivity contribution in [2.45, 2.75) is 26.9 Å². The molecule has 0 aliphatic heterocycles. The fourth-order valence-electron chi connectivity index (χ4n) is 1.83. The fourth-order valence-corrected chi connectivity index (χ4v) is 2.30. The van der Waals surface area contributed by atoms with Gasteiger partial charge < -0.3 is 5.11 Å². The summed E-state index contributed by atoms with van der Waals surface area (Å²) in [4.78, 5) is 3.93. The minimum Gasteiger partial charge on any atom is -0.386 e. The lowest BCUT2D eigenvalue weighted by Crippen LogP contribution is -2.29. The predicted molar refractivity (Wildman–Crippen MR) is 86.1 cm³/mol. The van der Waals surface area contributed by atoms with Gasteiger partial charge in [-0.3, -0.25) is 0 Å². The number of halogens is 2. The zero-order valence-corrected chi connectivity index (χ0v) is 13.6. The van der Waals surface area contributed by atoms with Crippen LogP contribution in [0.25, 0.3) is 11.8 Å². The summed E-state index contributed by atoms with van der Waals surface area (Å²) in [6.07, 6.45) is 4.03. The first kappa shape index (κ1) is 16.0. The molecule has 0 fully saturated rings. The van der Waals surface area contributed by atoms with Crippen molar-refractivity contribution in [3.8, 4) is 0 Å². The zero-order chi connectivity index (χ0) is 15.6. The molecule has 4 nitrogen and oxygen atoms in total. The van der Waals surface area contributed by atoms with Crippen LogP contribution in [0.1, 0.15) is 26.3 Å². The van der Waals surface area contributed by atoms with E-state index in [9.17, 15) is 5.11 Å². The first-order chi connectivity index (χ1) is 9.79. The van der Waals surface area contributed by atoms with E-state index in [0.29, 0.717) is 15.7 Å². The smallest absolute Gasteiger partial charge is 0.138 e. The van der Waals surface area contributed by atoms with Crippen LogP contribution >= 0.6 is 23.2 Å². The third-order valence-electron chi connectivity index (χ3n) is 3.05. The number of aliphatic hydroxyl groups excluding tert-OH is 1. The summed E-state index contributed by atoms with van der Waals surface area (Å²) in [5.74, 6) is 0. The second kappa shape index (κ2) is 6.18. The lowest BCUT2D eigenvalue weighted by Gasteiger charge is -2.28. The Hall–Kier alpha value is -1.36. The van der Waals surface area contributed by atoms with Crippen molar-refractivity contribution >= 4 is 35.0 Å². The Labute approximate surface area is 134 Å². The van der Waals surface area contributed by atoms with Gasteiger partial charge in [0, 0.05) is 10.0 Å². The predicted octanol–water partition coefficient (Wildman–Crippen LogP) is 3.99. The number of nitrogens with zero attached hydrogens (tertiary/aromatic N) is 3. The molecule has 112 valence electrons. The van der Waals surface area contributed by atoms with Crippen LogP contribution in [0.3, 0.4) is 0 Å². The number of aromatic nitrogens is 3. The quantitative estimate of drug-likeness (QED) is 0.928. The highest BCUT2D eigenvalue weighted by molar-refractivity contribution is 6.35. The number of hydrogen-bond donors (Lipinski definition) is 1. The lowest BCUT2D eigenvalue weighted by molar-refractivity contribution is 0.109. The molecular weight excluding hydrogens is 309 g/mol. The van der Waals surface area contributed by atoms with Crippen LogP contribution in [-0.2, 0) is 0 Å². The molecule has 2 rings (SSSR count). The van der Waals surface area contributed by atoms with Gasteiger partial charge in [-0.25, -0.2) is 9.67 Å². The second-order valence-corrected chi connectivity index (χ2v) is 6.69. The normalized spacial score (nSPS) is 14.3. The van der Waals surface area contributed by atoms with Crippen molar-refractivity contribution in [1.82, 2.24) is 14.8 Å². The maximum Gasteiger partial charge on any atom is 0.138 e. The van der Waals surface area contributed by atoms with Crippen molar-refractivity contribution in [3.05, 3.63) is 46.5 Å². The Balaban J connectivity index is 2.52. The van der Waals surface area contributed by atoms with E-state index < -0.39 is 6.10 Å². The molecule has 2 aromatic rings. The summed E-state index contributed by atoms with van der Waals surface area (Å²) >= 11 is 12.1. The third kappa shape index (κ3) is 3.84. The van der Waals surface area contributed by atoms with Gasteiger partial charge in [0.05, 0.1) is 5.70 Å². The van der Waals surface area contributed by atoms with E-state index in [1.54, 1.807) is 35.3 Å². The average Bonchev–Trinajstić information content (AvgIpc) is 2.90. The zero-order valence-electron chi connectivity index (χ0n) is 12.1. The van der Waals surface area contributed by atoms with Crippen LogP contribution in [0.4, 0.5) is 0 Å². The van der Waals surface area contributed by atoms with Crippen LogP contribution in [0.2, 0.25) is 10.0 Å². The molecule has 0 bridgehead atoms. The molecule has 0 amide bonds. The summed E-state index contributed by atoms with van der Waals surface area (Å²) in [7, 11) is 0. The molecule has 1 aromatic heterocycles. The van der Waals surface area contributed by atoms with Gasteiger partial charge in [-0.05, 0) is 29.2 Å². The summed E-state index contributed by atoms with van der Waals surface area (Å²) in [6, 6.07) is 5.22. The van der Waals surface area contributed by atoms with E-state index in [0.717, 1.165) is 5.56 Å². The number of hydrogen-bond acceptors (Lipinski definition) is 3. The minimum absolute atomic E-state index is 0.351. The van der Waals surface area contributed by atoms with Gasteiger partial charge >= 0.3 is 0 Å². The first-order valence-corrected chi connectivity index (χ1v) is 7.24. The molecule has 0 aliphatic carbocycles. The molecule has 0 radical (unpaired) electrons. The molecule has 1 N–H and O–H groups in total. The second-order valence-electron chi connectivity index (χ2n) is 5.84. The molecule has 0 aliphatic rings. The molecule has 6 heteroatoms. The molecule has 0 saturated heterocycles. The number of benzene rings is 1. The average molecular weight is 326 g/mol. The molecule has 1 atom stereocenters. The topological polar surface area (TPSA) is 50.9 Å². The highest BCUT2D eigenvalue weighted by Crippen LogP contribution is 2.30. The van der Waals surface area contributed by atoms with E-state index in [1.165, 1.54) is 6.33 Å². The maximum atomic E-state index is 10.6. The standard InChI is InChI=1S/C15H17Cl2N3O/c1-15(2,3)14(21)13(20-9-18-8-19-20)6-10-4-5-11(16)7-12(10)17/h4-9,14,21H,1-3H3/b13-6-/t14-/m0/s1. The third-order valence-corrected chi connectivity index (χ3v) is 3.61. The lowest BCUT2D eigenvalue weighted by atomic mass is 9.86. The van der Waals surface area contributed by atoms with Crippen LogP contribution in [0.15, 0.2) is 30.9 Å². The largest absolute Gasteiger partial charge is 0.386 e. The molecule has 0 saturated carbocycles. The van der Waals surface area contributed by atoms with Gasteiger partial charge in [0.1, 0.15) is 18.8 Å². The van der Waals surface area contributed by atoms with Crippen molar-refractivity contribution in [3.63, 3.8) is 0 Å². The van der Waals surface area contributed by atoms with E-state index in [4.69, 9.17) is 23.2 Å². The van der Waals surface area contributed by atoms with Gasteiger partial charge in [0.25, 0.3) is 0 Å². The fraction of sp³-hybridized carbons (Fsp3) is 0.333. The summed E-state index contributed by atoms with van der Waals surface area (Å²) < 4.78 is 1.54. The minimum atomic E-state index is -0.731. The van der Waals surface area contributed by atoms with Crippen LogP contribution in [0.5, 0.6) is 0 Å². The van der Waals surface area contributed by atoms with Crippen LogP contribution in [-0.4, -0.2) is 26.0 Å². The SMILES string of the molecule is CC(C)(C)[C@@H](O)/C(=C/c1ccc(Cl)cc1Cl)n1cncn1. The van der Waals surface area contributed by atoms with E-state index in [1.807, 2.05) is 20.8 Å². The van der Waals surface area contributed by atoms with Crippen molar-refractivity contribution < 1.29 is 5.11 Å². The number of rotatable bonds is 3. The van der Waals surface area contributed by atoms with Gasteiger partial charge in [-0.15, -0.1) is 0 Å². The van der Waals surface area contributed by atoms with Crippen molar-refractivity contribution in [2.75, 3.05) is 0 Å². The molecule has 0 unspecified atom stereocenters. The summed E-state index contributed by atoms with van der Waals surface area (Å²) in [5.41, 5.74) is 1.01. The molecular formula is C15H17Cl2N3O. The maximum absolute atomic E-state index is 10.6. The van der Waals surface area contributed by atoms with Gasteiger partial charge in [0.15, 0.2) is 0 Å². The highest BCUT2D eigenvalue weighted by Gasteiger charge is 2.27. The Kier molecular flexibility index (Phi) is 4.71. The summed E-state index contributed by atoms with van der Waals surface area (Å²) in [6.45, 7) is 5.85. The van der Waals surface area contributed by atoms with Crippen molar-refractivity contribution in [2.24, 2.45) is 5.41 Å². The van der Waals surface area contributed by atoms with Gasteiger partial charge in [-0.2, -0.15) is 5.10 Å². The molecule has 1 aromatic carbocycles. The highest BCUT2D eigenvalue weighted by atomic mass is 35.5.